The molecule has 0 radical (unpaired) electrons. The van der Waals surface area contributed by atoms with Gasteiger partial charge in [-0.2, -0.15) is 0 Å². The van der Waals surface area contributed by atoms with Gasteiger partial charge in [-0.15, -0.1) is 0 Å². The second-order valence-electron chi connectivity index (χ2n) is 3.53. The van der Waals surface area contributed by atoms with Crippen molar-refractivity contribution in [1.82, 2.24) is 10.6 Å². The van der Waals surface area contributed by atoms with E-state index in [2.05, 4.69) is 10.6 Å². The normalized spacial score (nSPS) is 10.2. The highest BCUT2D eigenvalue weighted by Gasteiger charge is 2.13. The van der Waals surface area contributed by atoms with Gasteiger partial charge in [-0.05, 0) is 12.5 Å². The van der Waals surface area contributed by atoms with Crippen LogP contribution >= 0.6 is 0 Å². The van der Waals surface area contributed by atoms with Crippen LogP contribution in [0.25, 0.3) is 0 Å². The molecule has 1 amide bonds. The molecule has 1 aromatic heterocycles. The molecule has 0 unspecified atom stereocenters. The maximum Gasteiger partial charge on any atom is 0.372 e. The van der Waals surface area contributed by atoms with Crippen molar-refractivity contribution in [1.29, 1.82) is 0 Å². The van der Waals surface area contributed by atoms with E-state index >= 15 is 0 Å². The van der Waals surface area contributed by atoms with Crippen LogP contribution in [0.2, 0.25) is 0 Å². The number of aromatic carboxylic acids is 1. The van der Waals surface area contributed by atoms with Crippen LogP contribution in [0.15, 0.2) is 16.7 Å². The van der Waals surface area contributed by atoms with Gasteiger partial charge in [0.15, 0.2) is 0 Å². The van der Waals surface area contributed by atoms with Crippen molar-refractivity contribution >= 4 is 11.9 Å². The van der Waals surface area contributed by atoms with Gasteiger partial charge in [-0.25, -0.2) is 4.79 Å². The van der Waals surface area contributed by atoms with Gasteiger partial charge in [-0.3, -0.25) is 4.79 Å². The van der Waals surface area contributed by atoms with Gasteiger partial charge in [0, 0.05) is 18.7 Å². The molecule has 0 bridgehead atoms. The summed E-state index contributed by atoms with van der Waals surface area (Å²) in [5.41, 5.74) is 0.529. The first-order valence-corrected chi connectivity index (χ1v) is 5.42. The van der Waals surface area contributed by atoms with Crippen LogP contribution in [0.1, 0.15) is 29.5 Å². The highest BCUT2D eigenvalue weighted by atomic mass is 16.4. The van der Waals surface area contributed by atoms with Crippen molar-refractivity contribution in [2.45, 2.75) is 19.9 Å². The molecule has 1 aromatic rings. The topological polar surface area (TPSA) is 91.6 Å². The SMILES string of the molecule is CCCNC(=O)CNCc1ccoc1C(=O)O. The van der Waals surface area contributed by atoms with E-state index in [-0.39, 0.29) is 24.8 Å². The second-order valence-corrected chi connectivity index (χ2v) is 3.53. The fourth-order valence-electron chi connectivity index (χ4n) is 1.30. The lowest BCUT2D eigenvalue weighted by atomic mass is 10.2. The number of carboxylic acid groups (broad SMARTS) is 1. The Morgan fingerprint density at radius 1 is 1.47 bits per heavy atom. The van der Waals surface area contributed by atoms with E-state index < -0.39 is 5.97 Å². The summed E-state index contributed by atoms with van der Waals surface area (Å²) in [6.07, 6.45) is 2.20. The zero-order valence-electron chi connectivity index (χ0n) is 9.66. The van der Waals surface area contributed by atoms with E-state index in [1.807, 2.05) is 6.92 Å². The Bertz CT molecular complexity index is 387. The molecule has 1 heterocycles. The molecule has 0 aliphatic carbocycles. The summed E-state index contributed by atoms with van der Waals surface area (Å²) >= 11 is 0. The summed E-state index contributed by atoms with van der Waals surface area (Å²) in [6, 6.07) is 1.57. The third-order valence-electron chi connectivity index (χ3n) is 2.11. The fraction of sp³-hybridized carbons (Fsp3) is 0.455. The van der Waals surface area contributed by atoms with Crippen LogP contribution in [0.4, 0.5) is 0 Å². The largest absolute Gasteiger partial charge is 0.475 e. The van der Waals surface area contributed by atoms with Crippen LogP contribution in [0, 0.1) is 0 Å². The standard InChI is InChI=1S/C11H16N2O4/c1-2-4-13-9(14)7-12-6-8-3-5-17-10(8)11(15)16/h3,5,12H,2,4,6-7H2,1H3,(H,13,14)(H,15,16). The Morgan fingerprint density at radius 2 is 2.24 bits per heavy atom. The molecule has 0 aliphatic rings. The average Bonchev–Trinajstić information content (AvgIpc) is 2.74. The lowest BCUT2D eigenvalue weighted by Gasteiger charge is -2.04. The Morgan fingerprint density at radius 3 is 2.88 bits per heavy atom. The lowest BCUT2D eigenvalue weighted by molar-refractivity contribution is -0.120. The molecule has 17 heavy (non-hydrogen) atoms. The van der Waals surface area contributed by atoms with Gasteiger partial charge >= 0.3 is 5.97 Å². The summed E-state index contributed by atoms with van der Waals surface area (Å²) < 4.78 is 4.81. The lowest BCUT2D eigenvalue weighted by Crippen LogP contribution is -2.34. The summed E-state index contributed by atoms with van der Waals surface area (Å²) in [5.74, 6) is -1.30. The zero-order chi connectivity index (χ0) is 12.7. The third kappa shape index (κ3) is 4.28. The Hall–Kier alpha value is -1.82. The van der Waals surface area contributed by atoms with Crippen molar-refractivity contribution in [3.8, 4) is 0 Å². The first-order chi connectivity index (χ1) is 8.15. The second kappa shape index (κ2) is 6.70. The highest BCUT2D eigenvalue weighted by molar-refractivity contribution is 5.86. The number of hydrogen-bond donors (Lipinski definition) is 3. The molecule has 0 atom stereocenters. The maximum atomic E-state index is 11.2. The van der Waals surface area contributed by atoms with Gasteiger partial charge in [0.25, 0.3) is 0 Å². The van der Waals surface area contributed by atoms with E-state index in [4.69, 9.17) is 9.52 Å². The first kappa shape index (κ1) is 13.2. The Labute approximate surface area is 99.0 Å². The van der Waals surface area contributed by atoms with Crippen molar-refractivity contribution in [2.75, 3.05) is 13.1 Å². The van der Waals surface area contributed by atoms with E-state index in [9.17, 15) is 9.59 Å². The van der Waals surface area contributed by atoms with Gasteiger partial charge in [0.1, 0.15) is 0 Å². The van der Waals surface area contributed by atoms with Crippen LogP contribution in [0.5, 0.6) is 0 Å². The van der Waals surface area contributed by atoms with E-state index in [1.54, 1.807) is 6.07 Å². The van der Waals surface area contributed by atoms with Crippen LogP contribution in [-0.4, -0.2) is 30.1 Å². The molecule has 0 fully saturated rings. The number of amides is 1. The molecule has 3 N–H and O–H groups in total. The molecular weight excluding hydrogens is 224 g/mol. The molecule has 0 spiro atoms. The predicted octanol–water partition coefficient (Wildman–Crippen LogP) is 0.594. The van der Waals surface area contributed by atoms with Gasteiger partial charge in [0.05, 0.1) is 12.8 Å². The monoisotopic (exact) mass is 240 g/mol. The van der Waals surface area contributed by atoms with Crippen LogP contribution < -0.4 is 10.6 Å². The number of rotatable bonds is 7. The quantitative estimate of drug-likeness (QED) is 0.649. The van der Waals surface area contributed by atoms with E-state index in [1.165, 1.54) is 6.26 Å². The molecule has 94 valence electrons. The predicted molar refractivity (Wildman–Crippen MR) is 60.7 cm³/mol. The number of carbonyl (C=O) groups excluding carboxylic acids is 1. The van der Waals surface area contributed by atoms with Crippen molar-refractivity contribution < 1.29 is 19.1 Å². The number of hydrogen-bond acceptors (Lipinski definition) is 4. The molecule has 6 heteroatoms. The van der Waals surface area contributed by atoms with E-state index in [0.29, 0.717) is 12.1 Å². The van der Waals surface area contributed by atoms with Crippen molar-refractivity contribution in [3.63, 3.8) is 0 Å². The van der Waals surface area contributed by atoms with Crippen LogP contribution in [-0.2, 0) is 11.3 Å². The van der Waals surface area contributed by atoms with Gasteiger partial charge in [-0.1, -0.05) is 6.92 Å². The minimum absolute atomic E-state index is 0.0912. The number of furan rings is 1. The Kier molecular flexibility index (Phi) is 5.22. The van der Waals surface area contributed by atoms with Crippen molar-refractivity contribution in [3.05, 3.63) is 23.7 Å². The summed E-state index contributed by atoms with van der Waals surface area (Å²) in [4.78, 5) is 22.0. The summed E-state index contributed by atoms with van der Waals surface area (Å²) in [6.45, 7) is 3.06. The fourth-order valence-corrected chi connectivity index (χ4v) is 1.30. The smallest absolute Gasteiger partial charge is 0.372 e. The minimum atomic E-state index is -1.11. The summed E-state index contributed by atoms with van der Waals surface area (Å²) in [7, 11) is 0. The maximum absolute atomic E-state index is 11.2. The molecular formula is C11H16N2O4. The number of carbonyl (C=O) groups is 2. The average molecular weight is 240 g/mol. The Balaban J connectivity index is 2.33. The molecule has 0 aromatic carbocycles. The molecule has 0 aliphatic heterocycles. The van der Waals surface area contributed by atoms with Gasteiger partial charge < -0.3 is 20.2 Å². The highest BCUT2D eigenvalue weighted by Crippen LogP contribution is 2.09. The number of nitrogens with one attached hydrogen (secondary N) is 2. The number of carboxylic acids is 1. The molecule has 6 nitrogen and oxygen atoms in total. The molecule has 0 saturated heterocycles. The molecule has 1 rings (SSSR count). The molecule has 0 saturated carbocycles. The van der Waals surface area contributed by atoms with Crippen molar-refractivity contribution in [2.24, 2.45) is 0 Å². The van der Waals surface area contributed by atoms with Crippen LogP contribution in [0.3, 0.4) is 0 Å². The third-order valence-corrected chi connectivity index (χ3v) is 2.11. The zero-order valence-corrected chi connectivity index (χ0v) is 9.66. The first-order valence-electron chi connectivity index (χ1n) is 5.42. The van der Waals surface area contributed by atoms with Gasteiger partial charge in [0.2, 0.25) is 11.7 Å². The van der Waals surface area contributed by atoms with E-state index in [0.717, 1.165) is 6.42 Å². The minimum Gasteiger partial charge on any atom is -0.475 e. The summed E-state index contributed by atoms with van der Waals surface area (Å²) in [5, 5.41) is 14.3.